The van der Waals surface area contributed by atoms with Gasteiger partial charge in [-0.1, -0.05) is 72.8 Å². The van der Waals surface area contributed by atoms with Crippen molar-refractivity contribution in [3.8, 4) is 17.0 Å². The number of ether oxygens (including phenoxy) is 1. The molecule has 0 fully saturated rings. The number of aliphatic hydroxyl groups is 1. The van der Waals surface area contributed by atoms with Crippen LogP contribution >= 0.6 is 0 Å². The van der Waals surface area contributed by atoms with E-state index < -0.39 is 5.60 Å². The summed E-state index contributed by atoms with van der Waals surface area (Å²) in [7, 11) is 0. The first-order valence-electron chi connectivity index (χ1n) is 8.99. The number of nitrogens with zero attached hydrogens (tertiary/aromatic N) is 1. The fourth-order valence-electron chi connectivity index (χ4n) is 3.12. The number of rotatable bonds is 5. The first kappa shape index (κ1) is 17.3. The SMILES string of the molecule is CC(O)(COc1cc(-c2ccccc2)nc2ccccc12)c1ccccc1. The molecule has 0 bridgehead atoms. The average molecular weight is 355 g/mol. The molecular weight excluding hydrogens is 334 g/mol. The molecule has 3 nitrogen and oxygen atoms in total. The Morgan fingerprint density at radius 3 is 2.22 bits per heavy atom. The van der Waals surface area contributed by atoms with Crippen LogP contribution in [-0.4, -0.2) is 16.7 Å². The summed E-state index contributed by atoms with van der Waals surface area (Å²) in [6, 6.07) is 29.4. The molecule has 1 N–H and O–H groups in total. The maximum atomic E-state index is 10.9. The molecule has 0 aliphatic carbocycles. The molecule has 1 aromatic heterocycles. The van der Waals surface area contributed by atoms with E-state index in [1.807, 2.05) is 91.0 Å². The van der Waals surface area contributed by atoms with E-state index in [1.165, 1.54) is 0 Å². The van der Waals surface area contributed by atoms with Crippen LogP contribution in [-0.2, 0) is 5.60 Å². The summed E-state index contributed by atoms with van der Waals surface area (Å²) < 4.78 is 6.11. The van der Waals surface area contributed by atoms with E-state index in [2.05, 4.69) is 0 Å². The van der Waals surface area contributed by atoms with Crippen LogP contribution in [0.25, 0.3) is 22.2 Å². The molecule has 0 aliphatic rings. The summed E-state index contributed by atoms with van der Waals surface area (Å²) >= 11 is 0. The van der Waals surface area contributed by atoms with Gasteiger partial charge >= 0.3 is 0 Å². The molecule has 4 aromatic rings. The molecule has 1 heterocycles. The molecule has 1 atom stereocenters. The van der Waals surface area contributed by atoms with Crippen LogP contribution in [0.15, 0.2) is 91.0 Å². The highest BCUT2D eigenvalue weighted by Gasteiger charge is 2.24. The Morgan fingerprint density at radius 2 is 1.48 bits per heavy atom. The van der Waals surface area contributed by atoms with Crippen molar-refractivity contribution in [3.63, 3.8) is 0 Å². The zero-order valence-corrected chi connectivity index (χ0v) is 15.2. The molecule has 4 rings (SSSR count). The molecule has 0 saturated heterocycles. The molecular formula is C24H21NO2. The summed E-state index contributed by atoms with van der Waals surface area (Å²) in [4.78, 5) is 4.77. The quantitative estimate of drug-likeness (QED) is 0.536. The smallest absolute Gasteiger partial charge is 0.131 e. The van der Waals surface area contributed by atoms with Gasteiger partial charge in [0.15, 0.2) is 0 Å². The van der Waals surface area contributed by atoms with Crippen molar-refractivity contribution in [1.82, 2.24) is 4.98 Å². The van der Waals surface area contributed by atoms with Gasteiger partial charge in [-0.3, -0.25) is 0 Å². The van der Waals surface area contributed by atoms with Gasteiger partial charge in [0.2, 0.25) is 0 Å². The largest absolute Gasteiger partial charge is 0.489 e. The first-order chi connectivity index (χ1) is 13.1. The molecule has 3 aromatic carbocycles. The van der Waals surface area contributed by atoms with Crippen molar-refractivity contribution in [1.29, 1.82) is 0 Å². The van der Waals surface area contributed by atoms with Gasteiger partial charge in [0.05, 0.1) is 11.2 Å². The van der Waals surface area contributed by atoms with Crippen molar-refractivity contribution in [2.75, 3.05) is 6.61 Å². The minimum absolute atomic E-state index is 0.152. The fraction of sp³-hybridized carbons (Fsp3) is 0.125. The van der Waals surface area contributed by atoms with Crippen LogP contribution in [0.2, 0.25) is 0 Å². The van der Waals surface area contributed by atoms with Crippen molar-refractivity contribution in [2.24, 2.45) is 0 Å². The van der Waals surface area contributed by atoms with E-state index >= 15 is 0 Å². The third-order valence-electron chi connectivity index (χ3n) is 4.65. The van der Waals surface area contributed by atoms with Crippen molar-refractivity contribution < 1.29 is 9.84 Å². The first-order valence-corrected chi connectivity index (χ1v) is 8.99. The molecule has 0 spiro atoms. The second kappa shape index (κ2) is 7.22. The zero-order valence-electron chi connectivity index (χ0n) is 15.2. The Kier molecular flexibility index (Phi) is 4.61. The van der Waals surface area contributed by atoms with Gasteiger partial charge in [0, 0.05) is 17.0 Å². The molecule has 0 radical (unpaired) electrons. The standard InChI is InChI=1S/C24H21NO2/c1-24(26,19-12-6-3-7-13-19)17-27-23-16-22(18-10-4-2-5-11-18)25-21-15-9-8-14-20(21)23/h2-16,26H,17H2,1H3. The molecule has 1 unspecified atom stereocenters. The minimum Gasteiger partial charge on any atom is -0.489 e. The van der Waals surface area contributed by atoms with Gasteiger partial charge in [-0.25, -0.2) is 4.98 Å². The maximum Gasteiger partial charge on any atom is 0.131 e. The maximum absolute atomic E-state index is 10.9. The lowest BCUT2D eigenvalue weighted by molar-refractivity contribution is 0.00810. The predicted molar refractivity (Wildman–Crippen MR) is 109 cm³/mol. The third kappa shape index (κ3) is 3.69. The van der Waals surface area contributed by atoms with Crippen LogP contribution in [0.3, 0.4) is 0 Å². The summed E-state index contributed by atoms with van der Waals surface area (Å²) in [6.45, 7) is 1.92. The number of para-hydroxylation sites is 1. The average Bonchev–Trinajstić information content (AvgIpc) is 2.73. The van der Waals surface area contributed by atoms with Gasteiger partial charge in [0.1, 0.15) is 18.0 Å². The van der Waals surface area contributed by atoms with Gasteiger partial charge in [-0.15, -0.1) is 0 Å². The summed E-state index contributed by atoms with van der Waals surface area (Å²) in [5.74, 6) is 0.718. The van der Waals surface area contributed by atoms with E-state index in [0.717, 1.165) is 33.5 Å². The normalized spacial score (nSPS) is 13.3. The highest BCUT2D eigenvalue weighted by molar-refractivity contribution is 5.87. The third-order valence-corrected chi connectivity index (χ3v) is 4.65. The van der Waals surface area contributed by atoms with Gasteiger partial charge in [0.25, 0.3) is 0 Å². The van der Waals surface area contributed by atoms with E-state index in [-0.39, 0.29) is 6.61 Å². The number of hydrogen-bond acceptors (Lipinski definition) is 3. The van der Waals surface area contributed by atoms with Gasteiger partial charge < -0.3 is 9.84 Å². The predicted octanol–water partition coefficient (Wildman–Crippen LogP) is 5.19. The van der Waals surface area contributed by atoms with Gasteiger partial charge in [-0.2, -0.15) is 0 Å². The lowest BCUT2D eigenvalue weighted by Crippen LogP contribution is -2.29. The summed E-state index contributed by atoms with van der Waals surface area (Å²) in [5.41, 5.74) is 2.49. The molecule has 0 aliphatic heterocycles. The van der Waals surface area contributed by atoms with Crippen LogP contribution < -0.4 is 4.74 Å². The molecule has 0 saturated carbocycles. The molecule has 27 heavy (non-hydrogen) atoms. The Bertz CT molecular complexity index is 1040. The Hall–Kier alpha value is -3.17. The number of aromatic nitrogens is 1. The second-order valence-corrected chi connectivity index (χ2v) is 6.82. The summed E-state index contributed by atoms with van der Waals surface area (Å²) in [6.07, 6.45) is 0. The van der Waals surface area contributed by atoms with E-state index in [9.17, 15) is 5.11 Å². The van der Waals surface area contributed by atoms with Crippen LogP contribution in [0.1, 0.15) is 12.5 Å². The highest BCUT2D eigenvalue weighted by Crippen LogP contribution is 2.31. The van der Waals surface area contributed by atoms with Crippen LogP contribution in [0.5, 0.6) is 5.75 Å². The summed E-state index contributed by atoms with van der Waals surface area (Å²) in [5, 5.41) is 11.8. The van der Waals surface area contributed by atoms with Crippen LogP contribution in [0, 0.1) is 0 Å². The highest BCUT2D eigenvalue weighted by atomic mass is 16.5. The molecule has 0 amide bonds. The minimum atomic E-state index is -1.08. The zero-order chi connectivity index (χ0) is 18.7. The lowest BCUT2D eigenvalue weighted by Gasteiger charge is -2.24. The van der Waals surface area contributed by atoms with E-state index in [1.54, 1.807) is 6.92 Å². The fourth-order valence-corrected chi connectivity index (χ4v) is 3.12. The second-order valence-electron chi connectivity index (χ2n) is 6.82. The van der Waals surface area contributed by atoms with E-state index in [0.29, 0.717) is 0 Å². The van der Waals surface area contributed by atoms with Crippen molar-refractivity contribution in [3.05, 3.63) is 96.6 Å². The van der Waals surface area contributed by atoms with Crippen LogP contribution in [0.4, 0.5) is 0 Å². The molecule has 3 heteroatoms. The number of fused-ring (bicyclic) bond motifs is 1. The number of hydrogen-bond donors (Lipinski definition) is 1. The number of pyridine rings is 1. The lowest BCUT2D eigenvalue weighted by atomic mass is 9.97. The van der Waals surface area contributed by atoms with E-state index in [4.69, 9.17) is 9.72 Å². The van der Waals surface area contributed by atoms with Crippen molar-refractivity contribution in [2.45, 2.75) is 12.5 Å². The Morgan fingerprint density at radius 1 is 0.852 bits per heavy atom. The van der Waals surface area contributed by atoms with Gasteiger partial charge in [-0.05, 0) is 24.6 Å². The number of benzene rings is 3. The Labute approximate surface area is 158 Å². The van der Waals surface area contributed by atoms with Crippen molar-refractivity contribution >= 4 is 10.9 Å². The monoisotopic (exact) mass is 355 g/mol. The Balaban J connectivity index is 1.70. The topological polar surface area (TPSA) is 42.4 Å². The molecule has 134 valence electrons.